The van der Waals surface area contributed by atoms with Gasteiger partial charge in [-0.3, -0.25) is 14.9 Å². The molecule has 0 amide bonds. The Morgan fingerprint density at radius 3 is 2.44 bits per heavy atom. The van der Waals surface area contributed by atoms with Gasteiger partial charge in [0.05, 0.1) is 17.4 Å². The summed E-state index contributed by atoms with van der Waals surface area (Å²) in [6, 6.07) is 14.3. The molecule has 1 fully saturated rings. The molecule has 2 aromatic heterocycles. The predicted molar refractivity (Wildman–Crippen MR) is 118 cm³/mol. The summed E-state index contributed by atoms with van der Waals surface area (Å²) in [5, 5.41) is 11.6. The first kappa shape index (κ1) is 21.4. The Morgan fingerprint density at radius 2 is 1.81 bits per heavy atom. The van der Waals surface area contributed by atoms with Crippen LogP contribution in [-0.2, 0) is 9.53 Å². The molecule has 0 radical (unpaired) electrons. The zero-order valence-electron chi connectivity index (χ0n) is 17.7. The lowest BCUT2D eigenvalue weighted by molar-refractivity contribution is -0.384. The van der Waals surface area contributed by atoms with Crippen LogP contribution in [0.3, 0.4) is 0 Å². The quantitative estimate of drug-likeness (QED) is 0.308. The van der Waals surface area contributed by atoms with Crippen LogP contribution < -0.4 is 9.64 Å². The smallest absolute Gasteiger partial charge is 0.311 e. The van der Waals surface area contributed by atoms with Crippen molar-refractivity contribution in [1.29, 1.82) is 0 Å². The minimum absolute atomic E-state index is 0.0881. The summed E-state index contributed by atoms with van der Waals surface area (Å²) in [5.41, 5.74) is 0.902. The van der Waals surface area contributed by atoms with Crippen molar-refractivity contribution in [3.8, 4) is 17.3 Å². The van der Waals surface area contributed by atoms with Crippen molar-refractivity contribution in [2.24, 2.45) is 5.92 Å². The van der Waals surface area contributed by atoms with E-state index in [2.05, 4.69) is 4.98 Å². The van der Waals surface area contributed by atoms with Gasteiger partial charge in [-0.05, 0) is 56.2 Å². The third-order valence-electron chi connectivity index (χ3n) is 5.40. The number of anilines is 1. The van der Waals surface area contributed by atoms with Crippen molar-refractivity contribution in [3.05, 3.63) is 71.0 Å². The first-order chi connectivity index (χ1) is 15.5. The molecule has 32 heavy (non-hydrogen) atoms. The number of hydrogen-bond donors (Lipinski definition) is 0. The molecule has 0 bridgehead atoms. The predicted octanol–water partition coefficient (Wildman–Crippen LogP) is 4.35. The molecule has 1 aliphatic heterocycles. The standard InChI is InChI=1S/C23H24N4O5/c1-2-31-23(28)17-11-15-26(16-12-17)22-20(27(29)30)9-10-21(24-22)32-19-7-5-18(6-8-19)25-13-3-4-14-25/h3-10,13-14,17H,2,11-12,15-16H2,1H3. The van der Waals surface area contributed by atoms with Crippen molar-refractivity contribution < 1.29 is 19.2 Å². The molecular weight excluding hydrogens is 412 g/mol. The number of aromatic nitrogens is 2. The summed E-state index contributed by atoms with van der Waals surface area (Å²) in [7, 11) is 0. The van der Waals surface area contributed by atoms with Gasteiger partial charge < -0.3 is 18.9 Å². The normalized spacial score (nSPS) is 14.2. The third kappa shape index (κ3) is 4.72. The van der Waals surface area contributed by atoms with Crippen LogP contribution >= 0.6 is 0 Å². The molecule has 0 aliphatic carbocycles. The average Bonchev–Trinajstić information content (AvgIpc) is 3.35. The number of rotatable bonds is 7. The van der Waals surface area contributed by atoms with E-state index in [0.717, 1.165) is 5.69 Å². The van der Waals surface area contributed by atoms with E-state index in [-0.39, 0.29) is 29.3 Å². The van der Waals surface area contributed by atoms with E-state index >= 15 is 0 Å². The number of esters is 1. The number of pyridine rings is 1. The lowest BCUT2D eigenvalue weighted by Crippen LogP contribution is -2.37. The highest BCUT2D eigenvalue weighted by Gasteiger charge is 2.30. The van der Waals surface area contributed by atoms with E-state index in [9.17, 15) is 14.9 Å². The van der Waals surface area contributed by atoms with Crippen LogP contribution in [-0.4, -0.2) is 40.1 Å². The second-order valence-electron chi connectivity index (χ2n) is 7.45. The van der Waals surface area contributed by atoms with E-state index in [1.54, 1.807) is 6.92 Å². The number of carbonyl (C=O) groups excluding carboxylic acids is 1. The molecule has 3 heterocycles. The number of ether oxygens (including phenoxy) is 2. The number of carbonyl (C=O) groups is 1. The fourth-order valence-corrected chi connectivity index (χ4v) is 3.76. The topological polar surface area (TPSA) is 99.7 Å². The van der Waals surface area contributed by atoms with Gasteiger partial charge in [0.2, 0.25) is 11.7 Å². The van der Waals surface area contributed by atoms with Gasteiger partial charge in [0.15, 0.2) is 0 Å². The highest BCUT2D eigenvalue weighted by molar-refractivity contribution is 5.73. The Morgan fingerprint density at radius 1 is 1.12 bits per heavy atom. The van der Waals surface area contributed by atoms with Crippen LogP contribution in [0.15, 0.2) is 60.9 Å². The van der Waals surface area contributed by atoms with Crippen LogP contribution in [0, 0.1) is 16.0 Å². The van der Waals surface area contributed by atoms with E-state index in [1.165, 1.54) is 12.1 Å². The maximum absolute atomic E-state index is 12.0. The number of nitrogens with zero attached hydrogens (tertiary/aromatic N) is 4. The van der Waals surface area contributed by atoms with E-state index in [1.807, 2.05) is 58.3 Å². The van der Waals surface area contributed by atoms with Crippen LogP contribution in [0.5, 0.6) is 11.6 Å². The maximum atomic E-state index is 12.0. The zero-order chi connectivity index (χ0) is 22.5. The van der Waals surface area contributed by atoms with Crippen LogP contribution in [0.2, 0.25) is 0 Å². The molecule has 4 rings (SSSR count). The lowest BCUT2D eigenvalue weighted by Gasteiger charge is -2.31. The van der Waals surface area contributed by atoms with Gasteiger partial charge in [-0.2, -0.15) is 4.98 Å². The molecule has 3 aromatic rings. The lowest BCUT2D eigenvalue weighted by atomic mass is 9.97. The fourth-order valence-electron chi connectivity index (χ4n) is 3.76. The number of benzene rings is 1. The molecule has 166 valence electrons. The van der Waals surface area contributed by atoms with E-state index < -0.39 is 4.92 Å². The first-order valence-corrected chi connectivity index (χ1v) is 10.5. The van der Waals surface area contributed by atoms with E-state index in [4.69, 9.17) is 9.47 Å². The van der Waals surface area contributed by atoms with Crippen molar-refractivity contribution in [2.45, 2.75) is 19.8 Å². The number of piperidine rings is 1. The molecule has 1 aliphatic rings. The van der Waals surface area contributed by atoms with Gasteiger partial charge in [0.25, 0.3) is 0 Å². The van der Waals surface area contributed by atoms with Crippen LogP contribution in [0.1, 0.15) is 19.8 Å². The van der Waals surface area contributed by atoms with Crippen molar-refractivity contribution >= 4 is 17.5 Å². The monoisotopic (exact) mass is 436 g/mol. The van der Waals surface area contributed by atoms with Crippen molar-refractivity contribution in [1.82, 2.24) is 9.55 Å². The summed E-state index contributed by atoms with van der Waals surface area (Å²) < 4.78 is 12.9. The molecule has 0 N–H and O–H groups in total. The fraction of sp³-hybridized carbons (Fsp3) is 0.304. The summed E-state index contributed by atoms with van der Waals surface area (Å²) in [6.07, 6.45) is 5.02. The Balaban J connectivity index is 1.50. The minimum Gasteiger partial charge on any atom is -0.466 e. The summed E-state index contributed by atoms with van der Waals surface area (Å²) >= 11 is 0. The molecular formula is C23H24N4O5. The van der Waals surface area contributed by atoms with Gasteiger partial charge in [0, 0.05) is 43.3 Å². The Hall–Kier alpha value is -3.88. The molecule has 0 spiro atoms. The summed E-state index contributed by atoms with van der Waals surface area (Å²) in [4.78, 5) is 29.4. The molecule has 9 heteroatoms. The Labute approximate surface area is 185 Å². The van der Waals surface area contributed by atoms with Gasteiger partial charge in [-0.1, -0.05) is 0 Å². The van der Waals surface area contributed by atoms with Crippen LogP contribution in [0.4, 0.5) is 11.5 Å². The van der Waals surface area contributed by atoms with Crippen molar-refractivity contribution in [3.63, 3.8) is 0 Å². The second-order valence-corrected chi connectivity index (χ2v) is 7.45. The highest BCUT2D eigenvalue weighted by atomic mass is 16.6. The maximum Gasteiger partial charge on any atom is 0.311 e. The SMILES string of the molecule is CCOC(=O)C1CCN(c2nc(Oc3ccc(-n4cccc4)cc3)ccc2[N+](=O)[O-])CC1. The first-order valence-electron chi connectivity index (χ1n) is 10.5. The molecule has 1 saturated heterocycles. The molecule has 1 aromatic carbocycles. The molecule has 0 atom stereocenters. The zero-order valence-corrected chi connectivity index (χ0v) is 17.7. The highest BCUT2D eigenvalue weighted by Crippen LogP contribution is 2.33. The van der Waals surface area contributed by atoms with Gasteiger partial charge in [0.1, 0.15) is 5.75 Å². The molecule has 0 saturated carbocycles. The Bertz CT molecular complexity index is 1070. The second kappa shape index (κ2) is 9.51. The van der Waals surface area contributed by atoms with Crippen molar-refractivity contribution in [2.75, 3.05) is 24.6 Å². The van der Waals surface area contributed by atoms with Gasteiger partial charge in [-0.15, -0.1) is 0 Å². The average molecular weight is 436 g/mol. The van der Waals surface area contributed by atoms with E-state index in [0.29, 0.717) is 38.3 Å². The van der Waals surface area contributed by atoms with Gasteiger partial charge >= 0.3 is 11.7 Å². The minimum atomic E-state index is -0.449. The number of hydrogen-bond acceptors (Lipinski definition) is 7. The summed E-state index contributed by atoms with van der Waals surface area (Å²) in [6.45, 7) is 3.08. The third-order valence-corrected chi connectivity index (χ3v) is 5.40. The largest absolute Gasteiger partial charge is 0.466 e. The van der Waals surface area contributed by atoms with Gasteiger partial charge in [-0.25, -0.2) is 0 Å². The summed E-state index contributed by atoms with van der Waals surface area (Å²) in [5.74, 6) is 0.693. The Kier molecular flexibility index (Phi) is 6.34. The molecule has 0 unspecified atom stereocenters. The van der Waals surface area contributed by atoms with Crippen LogP contribution in [0.25, 0.3) is 5.69 Å². The number of nitro groups is 1. The molecule has 9 nitrogen and oxygen atoms in total.